The second kappa shape index (κ2) is 8.09. The van der Waals surface area contributed by atoms with Crippen molar-refractivity contribution >= 4 is 11.9 Å². The molecule has 5 aliphatic carbocycles. The number of carboxylic acids is 1. The first-order chi connectivity index (χ1) is 16.6. The first kappa shape index (κ1) is 26.3. The molecule has 0 radical (unpaired) electrons. The SMILES string of the molecule is C=C(C)[C@@H]1CC[C@]2(C(=O)O)CC[C@@]3(C)[C@H](CC[C@H]4[C@]5(C)CC[C@@H](OC(C)=O)C(C)(C)[C@H]5CC[C@@]43C)[C@@H]12. The minimum Gasteiger partial charge on any atom is -0.481 e. The Morgan fingerprint density at radius 1 is 0.806 bits per heavy atom. The van der Waals surface area contributed by atoms with Gasteiger partial charge in [0.05, 0.1) is 5.41 Å². The summed E-state index contributed by atoms with van der Waals surface area (Å²) in [5.41, 5.74) is 1.20. The van der Waals surface area contributed by atoms with Crippen LogP contribution < -0.4 is 0 Å². The summed E-state index contributed by atoms with van der Waals surface area (Å²) in [5.74, 6) is 1.49. The Morgan fingerprint density at radius 3 is 2.11 bits per heavy atom. The summed E-state index contributed by atoms with van der Waals surface area (Å²) in [6, 6.07) is 0. The Balaban J connectivity index is 1.52. The van der Waals surface area contributed by atoms with E-state index >= 15 is 0 Å². The Bertz CT molecular complexity index is 967. The molecule has 0 aromatic rings. The van der Waals surface area contributed by atoms with Crippen LogP contribution in [0.3, 0.4) is 0 Å². The Kier molecular flexibility index (Phi) is 5.91. The van der Waals surface area contributed by atoms with Crippen LogP contribution in [-0.4, -0.2) is 23.1 Å². The summed E-state index contributed by atoms with van der Waals surface area (Å²) in [6.45, 7) is 20.4. The summed E-state index contributed by atoms with van der Waals surface area (Å²) in [7, 11) is 0. The van der Waals surface area contributed by atoms with Gasteiger partial charge < -0.3 is 9.84 Å². The van der Waals surface area contributed by atoms with Crippen molar-refractivity contribution in [3.63, 3.8) is 0 Å². The maximum atomic E-state index is 12.8. The molecule has 10 atom stereocenters. The fourth-order valence-corrected chi connectivity index (χ4v) is 11.9. The predicted octanol–water partition coefficient (Wildman–Crippen LogP) is 7.66. The van der Waals surface area contributed by atoms with Gasteiger partial charge >= 0.3 is 11.9 Å². The zero-order valence-corrected chi connectivity index (χ0v) is 23.9. The molecule has 5 fully saturated rings. The zero-order valence-electron chi connectivity index (χ0n) is 23.9. The number of esters is 1. The van der Waals surface area contributed by atoms with Crippen LogP contribution in [0, 0.1) is 56.7 Å². The quantitative estimate of drug-likeness (QED) is 0.320. The number of hydrogen-bond acceptors (Lipinski definition) is 3. The molecule has 0 saturated heterocycles. The highest BCUT2D eigenvalue weighted by molar-refractivity contribution is 5.76. The predicted molar refractivity (Wildman–Crippen MR) is 142 cm³/mol. The van der Waals surface area contributed by atoms with Gasteiger partial charge in [-0.2, -0.15) is 0 Å². The third kappa shape index (κ3) is 3.17. The van der Waals surface area contributed by atoms with Crippen LogP contribution in [-0.2, 0) is 14.3 Å². The summed E-state index contributed by atoms with van der Waals surface area (Å²) >= 11 is 0. The van der Waals surface area contributed by atoms with E-state index in [1.165, 1.54) is 24.8 Å². The summed E-state index contributed by atoms with van der Waals surface area (Å²) in [4.78, 5) is 24.7. The van der Waals surface area contributed by atoms with Gasteiger partial charge in [-0.15, -0.1) is 0 Å². The first-order valence-corrected chi connectivity index (χ1v) is 14.7. The highest BCUT2D eigenvalue weighted by atomic mass is 16.5. The Morgan fingerprint density at radius 2 is 1.50 bits per heavy atom. The molecule has 0 spiro atoms. The van der Waals surface area contributed by atoms with Crippen molar-refractivity contribution < 1.29 is 19.4 Å². The largest absolute Gasteiger partial charge is 0.481 e. The van der Waals surface area contributed by atoms with Crippen molar-refractivity contribution in [1.29, 1.82) is 0 Å². The molecule has 5 rings (SSSR count). The van der Waals surface area contributed by atoms with E-state index in [1.54, 1.807) is 6.92 Å². The average molecular weight is 499 g/mol. The van der Waals surface area contributed by atoms with Crippen LogP contribution >= 0.6 is 0 Å². The molecule has 4 nitrogen and oxygen atoms in total. The summed E-state index contributed by atoms with van der Waals surface area (Å²) < 4.78 is 5.88. The normalized spacial score (nSPS) is 51.2. The maximum Gasteiger partial charge on any atom is 0.309 e. The number of rotatable bonds is 3. The van der Waals surface area contributed by atoms with Crippen LogP contribution in [0.25, 0.3) is 0 Å². The molecular formula is C32H50O4. The second-order valence-corrected chi connectivity index (χ2v) is 15.1. The molecule has 0 aromatic carbocycles. The number of hydrogen-bond donors (Lipinski definition) is 1. The molecule has 0 bridgehead atoms. The molecule has 0 aliphatic heterocycles. The minimum absolute atomic E-state index is 0.00466. The van der Waals surface area contributed by atoms with Gasteiger partial charge in [0.2, 0.25) is 0 Å². The van der Waals surface area contributed by atoms with Crippen molar-refractivity contribution in [3.05, 3.63) is 12.2 Å². The van der Waals surface area contributed by atoms with Gasteiger partial charge in [-0.1, -0.05) is 46.8 Å². The Hall–Kier alpha value is -1.32. The third-order valence-electron chi connectivity index (χ3n) is 13.7. The lowest BCUT2D eigenvalue weighted by Crippen LogP contribution is -2.67. The van der Waals surface area contributed by atoms with E-state index in [4.69, 9.17) is 4.74 Å². The fourth-order valence-electron chi connectivity index (χ4n) is 11.9. The van der Waals surface area contributed by atoms with E-state index in [1.807, 2.05) is 0 Å². The number of carboxylic acid groups (broad SMARTS) is 1. The van der Waals surface area contributed by atoms with Gasteiger partial charge in [-0.05, 0) is 117 Å². The molecule has 0 aromatic heterocycles. The Labute approximate surface area is 219 Å². The first-order valence-electron chi connectivity index (χ1n) is 14.7. The van der Waals surface area contributed by atoms with Crippen LogP contribution in [0.4, 0.5) is 0 Å². The van der Waals surface area contributed by atoms with E-state index in [-0.39, 0.29) is 39.7 Å². The lowest BCUT2D eigenvalue weighted by Gasteiger charge is -2.72. The molecule has 4 heteroatoms. The molecule has 0 unspecified atom stereocenters. The summed E-state index contributed by atoms with van der Waals surface area (Å²) in [6.07, 6.45) is 10.5. The van der Waals surface area contributed by atoms with E-state index in [0.29, 0.717) is 23.7 Å². The third-order valence-corrected chi connectivity index (χ3v) is 13.7. The van der Waals surface area contributed by atoms with Gasteiger partial charge in [-0.3, -0.25) is 9.59 Å². The van der Waals surface area contributed by atoms with Crippen molar-refractivity contribution in [1.82, 2.24) is 0 Å². The molecule has 36 heavy (non-hydrogen) atoms. The fraction of sp³-hybridized carbons (Fsp3) is 0.875. The van der Waals surface area contributed by atoms with Crippen molar-refractivity contribution in [2.75, 3.05) is 0 Å². The second-order valence-electron chi connectivity index (χ2n) is 15.1. The molecule has 0 amide bonds. The molecule has 5 aliphatic rings. The number of ether oxygens (including phenoxy) is 1. The van der Waals surface area contributed by atoms with Gasteiger partial charge in [0.15, 0.2) is 0 Å². The highest BCUT2D eigenvalue weighted by Gasteiger charge is 2.72. The maximum absolute atomic E-state index is 12.8. The summed E-state index contributed by atoms with van der Waals surface area (Å²) in [5, 5.41) is 10.5. The van der Waals surface area contributed by atoms with Crippen LogP contribution in [0.15, 0.2) is 12.2 Å². The number of carbonyl (C=O) groups is 2. The van der Waals surface area contributed by atoms with Crippen LogP contribution in [0.2, 0.25) is 0 Å². The van der Waals surface area contributed by atoms with Gasteiger partial charge in [0.1, 0.15) is 6.10 Å². The van der Waals surface area contributed by atoms with Gasteiger partial charge in [0.25, 0.3) is 0 Å². The molecular weight excluding hydrogens is 448 g/mol. The van der Waals surface area contributed by atoms with E-state index in [9.17, 15) is 14.7 Å². The van der Waals surface area contributed by atoms with Crippen molar-refractivity contribution in [3.8, 4) is 0 Å². The topological polar surface area (TPSA) is 63.6 Å². The van der Waals surface area contributed by atoms with Crippen molar-refractivity contribution in [2.45, 2.75) is 119 Å². The van der Waals surface area contributed by atoms with Crippen molar-refractivity contribution in [2.24, 2.45) is 56.7 Å². The zero-order chi connectivity index (χ0) is 26.5. The number of carbonyl (C=O) groups excluding carboxylic acids is 1. The minimum atomic E-state index is -0.553. The van der Waals surface area contributed by atoms with Crippen LogP contribution in [0.5, 0.6) is 0 Å². The van der Waals surface area contributed by atoms with E-state index in [0.717, 1.165) is 44.9 Å². The number of aliphatic carboxylic acids is 1. The average Bonchev–Trinajstić information content (AvgIpc) is 3.17. The standard InChI is InChI=1S/C32H50O4/c1-19(2)21-11-16-32(27(34)35)18-17-30(7)22(26(21)32)9-10-24-29(6)14-13-25(36-20(3)33)28(4,5)23(29)12-15-31(24,30)8/h21-26H,1,9-18H2,2-8H3,(H,34,35)/t21-,22+,23+,24-,25+,26+,29+,30-,31-,32-/m0/s1. The van der Waals surface area contributed by atoms with E-state index in [2.05, 4.69) is 48.1 Å². The van der Waals surface area contributed by atoms with Gasteiger partial charge in [0, 0.05) is 12.3 Å². The lowest BCUT2D eigenvalue weighted by atomic mass is 9.32. The molecule has 202 valence electrons. The van der Waals surface area contributed by atoms with Crippen LogP contribution in [0.1, 0.15) is 113 Å². The van der Waals surface area contributed by atoms with Gasteiger partial charge in [-0.25, -0.2) is 0 Å². The molecule has 1 N–H and O–H groups in total. The number of allylic oxidation sites excluding steroid dienone is 1. The van der Waals surface area contributed by atoms with E-state index < -0.39 is 11.4 Å². The highest BCUT2D eigenvalue weighted by Crippen LogP contribution is 2.77. The smallest absolute Gasteiger partial charge is 0.309 e. The number of fused-ring (bicyclic) bond motifs is 7. The lowest BCUT2D eigenvalue weighted by molar-refractivity contribution is -0.250. The molecule has 0 heterocycles. The monoisotopic (exact) mass is 498 g/mol. The molecule has 5 saturated carbocycles.